The SMILES string of the molecule is NCc1cc[c]c(C#CC2CC2)c1. The van der Waals surface area contributed by atoms with E-state index in [0.29, 0.717) is 12.5 Å². The second-order valence-corrected chi connectivity index (χ2v) is 3.36. The van der Waals surface area contributed by atoms with Crippen LogP contribution in [0.5, 0.6) is 0 Å². The van der Waals surface area contributed by atoms with Gasteiger partial charge in [0, 0.05) is 18.0 Å². The molecular formula is C12H12N. The van der Waals surface area contributed by atoms with Crippen LogP contribution in [0.4, 0.5) is 0 Å². The molecule has 0 aliphatic heterocycles. The highest BCUT2D eigenvalue weighted by atomic mass is 14.5. The fourth-order valence-electron chi connectivity index (χ4n) is 1.12. The summed E-state index contributed by atoms with van der Waals surface area (Å²) in [5.74, 6) is 6.97. The largest absolute Gasteiger partial charge is 0.326 e. The van der Waals surface area contributed by atoms with E-state index in [9.17, 15) is 0 Å². The maximum Gasteiger partial charge on any atom is 0.0327 e. The third-order valence-electron chi connectivity index (χ3n) is 2.09. The lowest BCUT2D eigenvalue weighted by molar-refractivity contribution is 1.07. The maximum absolute atomic E-state index is 5.52. The summed E-state index contributed by atoms with van der Waals surface area (Å²) < 4.78 is 0. The van der Waals surface area contributed by atoms with E-state index in [1.807, 2.05) is 18.2 Å². The zero-order valence-corrected chi connectivity index (χ0v) is 7.51. The van der Waals surface area contributed by atoms with Crippen molar-refractivity contribution >= 4 is 0 Å². The van der Waals surface area contributed by atoms with Crippen molar-refractivity contribution in [1.82, 2.24) is 0 Å². The van der Waals surface area contributed by atoms with E-state index < -0.39 is 0 Å². The number of benzene rings is 1. The van der Waals surface area contributed by atoms with Gasteiger partial charge in [0.05, 0.1) is 0 Å². The molecule has 1 saturated carbocycles. The molecule has 1 fully saturated rings. The number of hydrogen-bond donors (Lipinski definition) is 1. The van der Waals surface area contributed by atoms with Crippen molar-refractivity contribution in [3.05, 3.63) is 35.4 Å². The molecule has 1 aromatic rings. The first-order valence-electron chi connectivity index (χ1n) is 4.61. The lowest BCUT2D eigenvalue weighted by Crippen LogP contribution is -1.95. The highest BCUT2D eigenvalue weighted by Crippen LogP contribution is 2.27. The first kappa shape index (κ1) is 8.34. The first-order chi connectivity index (χ1) is 6.38. The molecule has 0 bridgehead atoms. The Balaban J connectivity index is 2.15. The molecular weight excluding hydrogens is 158 g/mol. The molecule has 2 rings (SSSR count). The van der Waals surface area contributed by atoms with Gasteiger partial charge in [0.1, 0.15) is 0 Å². The lowest BCUT2D eigenvalue weighted by Gasteiger charge is -1.95. The Morgan fingerprint density at radius 1 is 1.54 bits per heavy atom. The van der Waals surface area contributed by atoms with E-state index in [0.717, 1.165) is 11.1 Å². The molecule has 0 unspecified atom stereocenters. The van der Waals surface area contributed by atoms with Crippen molar-refractivity contribution in [3.63, 3.8) is 0 Å². The average molecular weight is 170 g/mol. The van der Waals surface area contributed by atoms with Crippen LogP contribution in [0.15, 0.2) is 18.2 Å². The van der Waals surface area contributed by atoms with E-state index in [2.05, 4.69) is 17.9 Å². The smallest absolute Gasteiger partial charge is 0.0327 e. The molecule has 0 amide bonds. The van der Waals surface area contributed by atoms with E-state index >= 15 is 0 Å². The van der Waals surface area contributed by atoms with Crippen molar-refractivity contribution in [3.8, 4) is 11.8 Å². The van der Waals surface area contributed by atoms with Crippen molar-refractivity contribution in [1.29, 1.82) is 0 Å². The second kappa shape index (κ2) is 3.64. The molecule has 1 aliphatic rings. The highest BCUT2D eigenvalue weighted by Gasteiger charge is 2.17. The van der Waals surface area contributed by atoms with E-state index in [-0.39, 0.29) is 0 Å². The number of rotatable bonds is 1. The molecule has 0 aromatic heterocycles. The minimum Gasteiger partial charge on any atom is -0.326 e. The van der Waals surface area contributed by atoms with Gasteiger partial charge in [-0.3, -0.25) is 0 Å². The fraction of sp³-hybridized carbons (Fsp3) is 0.333. The van der Waals surface area contributed by atoms with Gasteiger partial charge in [-0.1, -0.05) is 24.0 Å². The van der Waals surface area contributed by atoms with Crippen LogP contribution in [-0.2, 0) is 6.54 Å². The van der Waals surface area contributed by atoms with Gasteiger partial charge in [-0.05, 0) is 30.5 Å². The van der Waals surface area contributed by atoms with Crippen LogP contribution in [0.25, 0.3) is 0 Å². The standard InChI is InChI=1S/C12H12N/c13-9-12-3-1-2-11(8-12)7-6-10-4-5-10/h1,3,8,10H,4-5,9,13H2. The van der Waals surface area contributed by atoms with Crippen molar-refractivity contribution in [2.24, 2.45) is 11.7 Å². The van der Waals surface area contributed by atoms with Gasteiger partial charge in [0.15, 0.2) is 0 Å². The van der Waals surface area contributed by atoms with Crippen molar-refractivity contribution in [2.45, 2.75) is 19.4 Å². The van der Waals surface area contributed by atoms with Crippen LogP contribution in [-0.4, -0.2) is 0 Å². The Morgan fingerprint density at radius 3 is 3.08 bits per heavy atom. The molecule has 13 heavy (non-hydrogen) atoms. The monoisotopic (exact) mass is 170 g/mol. The molecule has 1 aliphatic carbocycles. The molecule has 0 spiro atoms. The highest BCUT2D eigenvalue weighted by molar-refractivity contribution is 5.37. The lowest BCUT2D eigenvalue weighted by atomic mass is 10.1. The van der Waals surface area contributed by atoms with Gasteiger partial charge >= 0.3 is 0 Å². The average Bonchev–Trinajstić information content (AvgIpc) is 2.99. The molecule has 1 radical (unpaired) electrons. The predicted octanol–water partition coefficient (Wildman–Crippen LogP) is 1.71. The zero-order valence-electron chi connectivity index (χ0n) is 7.51. The molecule has 0 saturated heterocycles. The Hall–Kier alpha value is -1.26. The third kappa shape index (κ3) is 2.34. The summed E-state index contributed by atoms with van der Waals surface area (Å²) in [6.07, 6.45) is 2.53. The van der Waals surface area contributed by atoms with Gasteiger partial charge in [-0.2, -0.15) is 0 Å². The first-order valence-corrected chi connectivity index (χ1v) is 4.61. The molecule has 1 nitrogen and oxygen atoms in total. The number of nitrogens with two attached hydrogens (primary N) is 1. The van der Waals surface area contributed by atoms with Crippen LogP contribution in [0.3, 0.4) is 0 Å². The topological polar surface area (TPSA) is 26.0 Å². The van der Waals surface area contributed by atoms with Crippen LogP contribution < -0.4 is 5.73 Å². The normalized spacial score (nSPS) is 14.8. The van der Waals surface area contributed by atoms with Gasteiger partial charge in [-0.25, -0.2) is 0 Å². The summed E-state index contributed by atoms with van der Waals surface area (Å²) in [5.41, 5.74) is 7.62. The maximum atomic E-state index is 5.52. The minimum absolute atomic E-state index is 0.576. The van der Waals surface area contributed by atoms with E-state index in [1.54, 1.807) is 0 Å². The van der Waals surface area contributed by atoms with Gasteiger partial charge in [0.25, 0.3) is 0 Å². The Bertz CT molecular complexity index is 353. The van der Waals surface area contributed by atoms with Gasteiger partial charge in [0.2, 0.25) is 0 Å². The third-order valence-corrected chi connectivity index (χ3v) is 2.09. The molecule has 2 N–H and O–H groups in total. The van der Waals surface area contributed by atoms with Crippen molar-refractivity contribution in [2.75, 3.05) is 0 Å². The predicted molar refractivity (Wildman–Crippen MR) is 52.8 cm³/mol. The van der Waals surface area contributed by atoms with Gasteiger partial charge in [-0.15, -0.1) is 0 Å². The van der Waals surface area contributed by atoms with Crippen LogP contribution in [0.2, 0.25) is 0 Å². The molecule has 1 aromatic carbocycles. The fourth-order valence-corrected chi connectivity index (χ4v) is 1.12. The Kier molecular flexibility index (Phi) is 2.33. The minimum atomic E-state index is 0.576. The second-order valence-electron chi connectivity index (χ2n) is 3.36. The van der Waals surface area contributed by atoms with Gasteiger partial charge < -0.3 is 5.73 Å². The zero-order chi connectivity index (χ0) is 9.10. The van der Waals surface area contributed by atoms with E-state index in [4.69, 9.17) is 5.73 Å². The Morgan fingerprint density at radius 2 is 2.38 bits per heavy atom. The van der Waals surface area contributed by atoms with Crippen molar-refractivity contribution < 1.29 is 0 Å². The number of hydrogen-bond acceptors (Lipinski definition) is 1. The summed E-state index contributed by atoms with van der Waals surface area (Å²) in [6, 6.07) is 8.97. The van der Waals surface area contributed by atoms with E-state index in [1.165, 1.54) is 12.8 Å². The summed E-state index contributed by atoms with van der Waals surface area (Å²) in [4.78, 5) is 0. The molecule has 1 heteroatoms. The molecule has 0 atom stereocenters. The summed E-state index contributed by atoms with van der Waals surface area (Å²) in [7, 11) is 0. The summed E-state index contributed by atoms with van der Waals surface area (Å²) in [6.45, 7) is 0.576. The quantitative estimate of drug-likeness (QED) is 0.638. The van der Waals surface area contributed by atoms with Crippen LogP contribution in [0.1, 0.15) is 24.0 Å². The Labute approximate surface area is 79.0 Å². The van der Waals surface area contributed by atoms with Crippen LogP contribution in [0, 0.1) is 23.8 Å². The summed E-state index contributed by atoms with van der Waals surface area (Å²) in [5, 5.41) is 0. The molecule has 0 heterocycles. The summed E-state index contributed by atoms with van der Waals surface area (Å²) >= 11 is 0. The van der Waals surface area contributed by atoms with Crippen LogP contribution >= 0.6 is 0 Å². The molecule has 65 valence electrons.